The van der Waals surface area contributed by atoms with Gasteiger partial charge in [0.25, 0.3) is 5.91 Å². The maximum atomic E-state index is 12.6. The molecule has 2 heterocycles. The summed E-state index contributed by atoms with van der Waals surface area (Å²) in [6.45, 7) is 0.482. The van der Waals surface area contributed by atoms with Crippen molar-refractivity contribution in [2.24, 2.45) is 0 Å². The van der Waals surface area contributed by atoms with Gasteiger partial charge in [-0.3, -0.25) is 4.79 Å². The van der Waals surface area contributed by atoms with Crippen LogP contribution in [0.15, 0.2) is 42.5 Å². The number of benzene rings is 2. The monoisotopic (exact) mass is 397 g/mol. The second-order valence-electron chi connectivity index (χ2n) is 7.48. The number of hydrogen-bond donors (Lipinski definition) is 1. The molecular formula is C22H23NO6. The van der Waals surface area contributed by atoms with E-state index in [2.05, 4.69) is 5.32 Å². The average Bonchev–Trinajstić information content (AvgIpc) is 3.23. The highest BCUT2D eigenvalue weighted by Gasteiger charge is 2.30. The number of carbonyl (C=O) groups excluding carboxylic acids is 1. The van der Waals surface area contributed by atoms with Gasteiger partial charge < -0.3 is 29.0 Å². The Morgan fingerprint density at radius 2 is 1.66 bits per heavy atom. The minimum atomic E-state index is -0.618. The van der Waals surface area contributed by atoms with Gasteiger partial charge in [-0.1, -0.05) is 12.1 Å². The molecule has 1 atom stereocenters. The molecule has 0 radical (unpaired) electrons. The van der Waals surface area contributed by atoms with Crippen LogP contribution in [0, 0.1) is 0 Å². The minimum Gasteiger partial charge on any atom is -0.490 e. The van der Waals surface area contributed by atoms with Gasteiger partial charge >= 0.3 is 0 Å². The maximum Gasteiger partial charge on any atom is 0.264 e. The van der Waals surface area contributed by atoms with Crippen LogP contribution in [-0.4, -0.2) is 37.6 Å². The van der Waals surface area contributed by atoms with Gasteiger partial charge in [0.05, 0.1) is 6.10 Å². The van der Waals surface area contributed by atoms with Crippen molar-refractivity contribution in [3.63, 3.8) is 0 Å². The summed E-state index contributed by atoms with van der Waals surface area (Å²) >= 11 is 0. The number of hydrogen-bond acceptors (Lipinski definition) is 6. The lowest BCUT2D eigenvalue weighted by Gasteiger charge is -2.31. The highest BCUT2D eigenvalue weighted by atomic mass is 16.7. The lowest BCUT2D eigenvalue weighted by atomic mass is 9.92. The van der Waals surface area contributed by atoms with Crippen LogP contribution in [0.25, 0.3) is 0 Å². The van der Waals surface area contributed by atoms with Crippen LogP contribution in [0.3, 0.4) is 0 Å². The smallest absolute Gasteiger partial charge is 0.264 e. The van der Waals surface area contributed by atoms with E-state index in [1.165, 1.54) is 0 Å². The Kier molecular flexibility index (Phi) is 4.79. The first-order valence-electron chi connectivity index (χ1n) is 10.00. The molecular weight excluding hydrogens is 374 g/mol. The predicted molar refractivity (Wildman–Crippen MR) is 104 cm³/mol. The molecule has 1 saturated carbocycles. The molecule has 7 nitrogen and oxygen atoms in total. The summed E-state index contributed by atoms with van der Waals surface area (Å²) in [5.74, 6) is 3.42. The molecule has 1 fully saturated rings. The van der Waals surface area contributed by atoms with Crippen molar-refractivity contribution >= 4 is 5.91 Å². The van der Waals surface area contributed by atoms with Crippen LogP contribution in [0.4, 0.5) is 0 Å². The molecule has 152 valence electrons. The molecule has 0 saturated heterocycles. The zero-order valence-electron chi connectivity index (χ0n) is 16.0. The Balaban J connectivity index is 1.10. The van der Waals surface area contributed by atoms with Crippen molar-refractivity contribution in [2.75, 3.05) is 13.4 Å². The van der Waals surface area contributed by atoms with E-state index in [-0.39, 0.29) is 31.5 Å². The van der Waals surface area contributed by atoms with Crippen LogP contribution in [0.1, 0.15) is 25.7 Å². The number of fused-ring (bicyclic) bond motifs is 2. The topological polar surface area (TPSA) is 75.3 Å². The van der Waals surface area contributed by atoms with Crippen LogP contribution >= 0.6 is 0 Å². The zero-order chi connectivity index (χ0) is 19.6. The molecule has 2 aromatic carbocycles. The Hall–Kier alpha value is -3.09. The van der Waals surface area contributed by atoms with Crippen molar-refractivity contribution in [3.8, 4) is 28.7 Å². The van der Waals surface area contributed by atoms with Gasteiger partial charge in [-0.05, 0) is 49.9 Å². The fourth-order valence-corrected chi connectivity index (χ4v) is 3.91. The summed E-state index contributed by atoms with van der Waals surface area (Å²) in [4.78, 5) is 12.6. The first-order valence-corrected chi connectivity index (χ1v) is 10.00. The summed E-state index contributed by atoms with van der Waals surface area (Å²) in [7, 11) is 0. The predicted octanol–water partition coefficient (Wildman–Crippen LogP) is 3.06. The molecule has 3 aliphatic rings. The molecule has 1 aliphatic carbocycles. The number of ether oxygens (including phenoxy) is 5. The molecule has 2 aromatic rings. The van der Waals surface area contributed by atoms with Crippen molar-refractivity contribution < 1.29 is 28.5 Å². The molecule has 5 rings (SSSR count). The quantitative estimate of drug-likeness (QED) is 0.855. The Morgan fingerprint density at radius 3 is 2.52 bits per heavy atom. The fraction of sp³-hybridized carbons (Fsp3) is 0.409. The minimum absolute atomic E-state index is 0.125. The Labute approximate surface area is 168 Å². The van der Waals surface area contributed by atoms with E-state index in [9.17, 15) is 4.79 Å². The number of para-hydroxylation sites is 2. The fourth-order valence-electron chi connectivity index (χ4n) is 3.91. The molecule has 1 amide bonds. The average molecular weight is 397 g/mol. The van der Waals surface area contributed by atoms with Crippen LogP contribution in [-0.2, 0) is 4.79 Å². The van der Waals surface area contributed by atoms with E-state index in [1.807, 2.05) is 42.5 Å². The van der Waals surface area contributed by atoms with Crippen molar-refractivity contribution in [3.05, 3.63) is 42.5 Å². The van der Waals surface area contributed by atoms with E-state index in [1.54, 1.807) is 0 Å². The zero-order valence-corrected chi connectivity index (χ0v) is 16.0. The van der Waals surface area contributed by atoms with E-state index in [0.29, 0.717) is 11.5 Å². The van der Waals surface area contributed by atoms with Crippen molar-refractivity contribution in [1.29, 1.82) is 0 Å². The molecule has 7 heteroatoms. The van der Waals surface area contributed by atoms with E-state index in [0.717, 1.165) is 42.9 Å². The summed E-state index contributed by atoms with van der Waals surface area (Å²) in [6.07, 6.45) is 3.00. The molecule has 0 aromatic heterocycles. The van der Waals surface area contributed by atoms with Crippen molar-refractivity contribution in [2.45, 2.75) is 43.9 Å². The lowest BCUT2D eigenvalue weighted by Crippen LogP contribution is -2.49. The third-order valence-corrected chi connectivity index (χ3v) is 5.47. The van der Waals surface area contributed by atoms with Crippen molar-refractivity contribution in [1.82, 2.24) is 5.32 Å². The first-order chi connectivity index (χ1) is 14.2. The second kappa shape index (κ2) is 7.73. The summed E-state index contributed by atoms with van der Waals surface area (Å²) in [6, 6.07) is 13.2. The van der Waals surface area contributed by atoms with Gasteiger partial charge in [-0.15, -0.1) is 0 Å². The summed E-state index contributed by atoms with van der Waals surface area (Å²) < 4.78 is 28.2. The first kappa shape index (κ1) is 18.0. The standard InChI is InChI=1S/C22H23NO6/c24-22(21-12-25-17-3-1-2-4-19(17)29-21)23-14-5-7-15(8-6-14)28-16-9-10-18-20(11-16)27-13-26-18/h1-4,9-11,14-15,21H,5-8,12-13H2,(H,23,24). The highest BCUT2D eigenvalue weighted by Crippen LogP contribution is 2.36. The number of amides is 1. The maximum absolute atomic E-state index is 12.6. The van der Waals surface area contributed by atoms with Crippen LogP contribution < -0.4 is 29.0 Å². The van der Waals surface area contributed by atoms with Gasteiger partial charge in [-0.2, -0.15) is 0 Å². The number of nitrogens with one attached hydrogen (secondary N) is 1. The lowest BCUT2D eigenvalue weighted by molar-refractivity contribution is -0.131. The van der Waals surface area contributed by atoms with E-state index < -0.39 is 6.10 Å². The SMILES string of the molecule is O=C(NC1CCC(Oc2ccc3c(c2)OCO3)CC1)C1COc2ccccc2O1. The Bertz CT molecular complexity index is 893. The molecule has 0 spiro atoms. The number of rotatable bonds is 4. The van der Waals surface area contributed by atoms with Gasteiger partial charge in [0.2, 0.25) is 12.9 Å². The van der Waals surface area contributed by atoms with Gasteiger partial charge in [-0.25, -0.2) is 0 Å². The molecule has 1 N–H and O–H groups in total. The third-order valence-electron chi connectivity index (χ3n) is 5.47. The Morgan fingerprint density at radius 1 is 0.897 bits per heavy atom. The number of carbonyl (C=O) groups is 1. The normalized spacial score (nSPS) is 24.6. The van der Waals surface area contributed by atoms with E-state index in [4.69, 9.17) is 23.7 Å². The van der Waals surface area contributed by atoms with Crippen LogP contribution in [0.2, 0.25) is 0 Å². The molecule has 1 unspecified atom stereocenters. The van der Waals surface area contributed by atoms with Gasteiger partial charge in [0.1, 0.15) is 12.4 Å². The summed E-state index contributed by atoms with van der Waals surface area (Å²) in [5.41, 5.74) is 0. The molecule has 2 aliphatic heterocycles. The molecule has 0 bridgehead atoms. The second-order valence-corrected chi connectivity index (χ2v) is 7.48. The van der Waals surface area contributed by atoms with Gasteiger partial charge in [0, 0.05) is 12.1 Å². The van der Waals surface area contributed by atoms with E-state index >= 15 is 0 Å². The van der Waals surface area contributed by atoms with Gasteiger partial charge in [0.15, 0.2) is 23.0 Å². The van der Waals surface area contributed by atoms with Crippen LogP contribution in [0.5, 0.6) is 28.7 Å². The third kappa shape index (κ3) is 3.90. The summed E-state index contributed by atoms with van der Waals surface area (Å²) in [5, 5.41) is 3.10. The largest absolute Gasteiger partial charge is 0.490 e. The molecule has 29 heavy (non-hydrogen) atoms. The highest BCUT2D eigenvalue weighted by molar-refractivity contribution is 5.82.